The van der Waals surface area contributed by atoms with Gasteiger partial charge in [-0.25, -0.2) is 0 Å². The lowest BCUT2D eigenvalue weighted by Gasteiger charge is -2.50. The van der Waals surface area contributed by atoms with Gasteiger partial charge in [-0.05, 0) is 42.0 Å². The number of rotatable bonds is 11. The molecule has 0 spiro atoms. The third-order valence-corrected chi connectivity index (χ3v) is 8.70. The van der Waals surface area contributed by atoms with E-state index in [4.69, 9.17) is 11.6 Å². The van der Waals surface area contributed by atoms with E-state index in [2.05, 4.69) is 15.5 Å². The number of hydrogen-bond donors (Lipinski definition) is 2. The minimum Gasteiger partial charge on any atom is -0.354 e. The zero-order valence-corrected chi connectivity index (χ0v) is 25.3. The van der Waals surface area contributed by atoms with Gasteiger partial charge in [-0.1, -0.05) is 87.2 Å². The lowest BCUT2D eigenvalue weighted by atomic mass is 9.79. The summed E-state index contributed by atoms with van der Waals surface area (Å²) in [5, 5.41) is 6.90. The van der Waals surface area contributed by atoms with E-state index in [1.54, 1.807) is 0 Å². The molecule has 2 aliphatic rings. The van der Waals surface area contributed by atoms with E-state index in [0.29, 0.717) is 43.9 Å². The Morgan fingerprint density at radius 3 is 2.15 bits per heavy atom. The first kappa shape index (κ1) is 31.0. The second-order valence-corrected chi connectivity index (χ2v) is 12.5. The van der Waals surface area contributed by atoms with Gasteiger partial charge in [-0.3, -0.25) is 19.3 Å². The molecule has 2 fully saturated rings. The van der Waals surface area contributed by atoms with Crippen LogP contribution in [0.25, 0.3) is 0 Å². The van der Waals surface area contributed by atoms with Crippen molar-refractivity contribution in [3.8, 4) is 0 Å². The summed E-state index contributed by atoms with van der Waals surface area (Å²) < 4.78 is 0. The van der Waals surface area contributed by atoms with E-state index in [0.717, 1.165) is 49.9 Å². The van der Waals surface area contributed by atoms with Gasteiger partial charge in [0.25, 0.3) is 0 Å². The molecule has 2 aromatic rings. The van der Waals surface area contributed by atoms with Crippen LogP contribution >= 0.6 is 11.6 Å². The van der Waals surface area contributed by atoms with Gasteiger partial charge in [0.15, 0.2) is 0 Å². The van der Waals surface area contributed by atoms with Gasteiger partial charge in [0.05, 0.1) is 6.42 Å². The van der Waals surface area contributed by atoms with E-state index in [9.17, 15) is 14.4 Å². The van der Waals surface area contributed by atoms with Gasteiger partial charge < -0.3 is 15.5 Å². The van der Waals surface area contributed by atoms with Crippen molar-refractivity contribution in [3.05, 3.63) is 70.7 Å². The fourth-order valence-corrected chi connectivity index (χ4v) is 6.35. The van der Waals surface area contributed by atoms with Crippen molar-refractivity contribution >= 4 is 29.3 Å². The van der Waals surface area contributed by atoms with Crippen molar-refractivity contribution < 1.29 is 14.4 Å². The summed E-state index contributed by atoms with van der Waals surface area (Å²) in [7, 11) is 0. The second-order valence-electron chi connectivity index (χ2n) is 12.1. The molecule has 3 amide bonds. The first-order valence-corrected chi connectivity index (χ1v) is 15.5. The molecule has 0 bridgehead atoms. The quantitative estimate of drug-likeness (QED) is 0.406. The zero-order chi connectivity index (χ0) is 29.2. The summed E-state index contributed by atoms with van der Waals surface area (Å²) in [5.41, 5.74) is 1.90. The van der Waals surface area contributed by atoms with E-state index in [-0.39, 0.29) is 29.2 Å². The smallest absolute Gasteiger partial charge is 0.245 e. The third kappa shape index (κ3) is 9.04. The number of carbonyl (C=O) groups excluding carboxylic acids is 3. The highest BCUT2D eigenvalue weighted by molar-refractivity contribution is 6.30. The molecule has 0 radical (unpaired) electrons. The molecule has 1 saturated carbocycles. The van der Waals surface area contributed by atoms with Crippen LogP contribution in [0.3, 0.4) is 0 Å². The van der Waals surface area contributed by atoms with Crippen LogP contribution in [-0.4, -0.2) is 71.8 Å². The molecule has 7 nitrogen and oxygen atoms in total. The van der Waals surface area contributed by atoms with Crippen LogP contribution < -0.4 is 10.6 Å². The van der Waals surface area contributed by atoms with E-state index in [1.807, 2.05) is 73.3 Å². The lowest BCUT2D eigenvalue weighted by Crippen LogP contribution is -2.63. The number of piperazine rings is 1. The van der Waals surface area contributed by atoms with Gasteiger partial charge in [0.2, 0.25) is 17.7 Å². The summed E-state index contributed by atoms with van der Waals surface area (Å²) in [6.45, 7) is 7.37. The molecule has 0 unspecified atom stereocenters. The van der Waals surface area contributed by atoms with E-state index >= 15 is 0 Å². The topological polar surface area (TPSA) is 81.8 Å². The molecule has 2 N–H and O–H groups in total. The Labute approximate surface area is 250 Å². The fourth-order valence-electron chi connectivity index (χ4n) is 6.22. The highest BCUT2D eigenvalue weighted by atomic mass is 35.5. The monoisotopic (exact) mass is 580 g/mol. The van der Waals surface area contributed by atoms with E-state index in [1.165, 1.54) is 6.42 Å². The third-order valence-electron chi connectivity index (χ3n) is 8.45. The van der Waals surface area contributed by atoms with Gasteiger partial charge >= 0.3 is 0 Å². The predicted octanol–water partition coefficient (Wildman–Crippen LogP) is 4.62. The normalized spacial score (nSPS) is 18.1. The van der Waals surface area contributed by atoms with E-state index < -0.39 is 6.04 Å². The molecule has 1 atom stereocenters. The molecule has 1 aliphatic carbocycles. The number of nitrogens with one attached hydrogen (secondary N) is 2. The average Bonchev–Trinajstić information content (AvgIpc) is 2.97. The lowest BCUT2D eigenvalue weighted by molar-refractivity contribution is -0.139. The van der Waals surface area contributed by atoms with Crippen molar-refractivity contribution in [2.45, 2.75) is 76.8 Å². The Morgan fingerprint density at radius 2 is 1.51 bits per heavy atom. The van der Waals surface area contributed by atoms with Crippen molar-refractivity contribution in [2.75, 3.05) is 32.7 Å². The van der Waals surface area contributed by atoms with Crippen molar-refractivity contribution in [1.29, 1.82) is 0 Å². The molecule has 8 heteroatoms. The minimum absolute atomic E-state index is 0.0365. The van der Waals surface area contributed by atoms with Crippen LogP contribution in [-0.2, 0) is 27.2 Å². The summed E-state index contributed by atoms with van der Waals surface area (Å²) >= 11 is 6.07. The minimum atomic E-state index is -0.616. The van der Waals surface area contributed by atoms with Crippen molar-refractivity contribution in [1.82, 2.24) is 20.4 Å². The first-order valence-electron chi connectivity index (χ1n) is 15.1. The maximum Gasteiger partial charge on any atom is 0.245 e. The molecular formula is C33H45ClN4O3. The van der Waals surface area contributed by atoms with Crippen LogP contribution in [0.1, 0.15) is 63.5 Å². The van der Waals surface area contributed by atoms with Crippen LogP contribution in [0.2, 0.25) is 5.02 Å². The Morgan fingerprint density at radius 1 is 0.854 bits per heavy atom. The summed E-state index contributed by atoms with van der Waals surface area (Å²) in [4.78, 5) is 43.6. The largest absolute Gasteiger partial charge is 0.354 e. The number of hydrogen-bond acceptors (Lipinski definition) is 4. The second kappa shape index (κ2) is 14.8. The fraction of sp³-hybridized carbons (Fsp3) is 0.545. The van der Waals surface area contributed by atoms with Crippen LogP contribution in [0.5, 0.6) is 0 Å². The number of amides is 3. The Hall–Kier alpha value is -2.90. The number of halogens is 1. The molecule has 1 heterocycles. The SMILES string of the molecule is CC(C)CC(=O)N[C@H](Cc1ccc(Cl)cc1)C(=O)N1CCN(C2(CNC(=O)Cc3ccccc3)CCCCC2)CC1. The number of nitrogens with zero attached hydrogens (tertiary/aromatic N) is 2. The van der Waals surface area contributed by atoms with Crippen molar-refractivity contribution in [2.24, 2.45) is 5.92 Å². The zero-order valence-electron chi connectivity index (χ0n) is 24.5. The van der Waals surface area contributed by atoms with Gasteiger partial charge in [0, 0.05) is 56.1 Å². The van der Waals surface area contributed by atoms with Crippen LogP contribution in [0, 0.1) is 5.92 Å². The number of carbonyl (C=O) groups is 3. The van der Waals surface area contributed by atoms with Crippen LogP contribution in [0.15, 0.2) is 54.6 Å². The van der Waals surface area contributed by atoms with Crippen molar-refractivity contribution in [3.63, 3.8) is 0 Å². The van der Waals surface area contributed by atoms with Gasteiger partial charge in [-0.2, -0.15) is 0 Å². The maximum absolute atomic E-state index is 13.8. The maximum atomic E-state index is 13.8. The Kier molecular flexibility index (Phi) is 11.2. The summed E-state index contributed by atoms with van der Waals surface area (Å²) in [6.07, 6.45) is 6.83. The highest BCUT2D eigenvalue weighted by Gasteiger charge is 2.40. The number of benzene rings is 2. The molecule has 0 aromatic heterocycles. The molecule has 222 valence electrons. The van der Waals surface area contributed by atoms with Gasteiger partial charge in [-0.15, -0.1) is 0 Å². The Bertz CT molecular complexity index is 1140. The highest BCUT2D eigenvalue weighted by Crippen LogP contribution is 2.34. The summed E-state index contributed by atoms with van der Waals surface area (Å²) in [5.74, 6) is 0.130. The summed E-state index contributed by atoms with van der Waals surface area (Å²) in [6, 6.07) is 16.7. The van der Waals surface area contributed by atoms with Crippen LogP contribution in [0.4, 0.5) is 0 Å². The molecule has 1 saturated heterocycles. The molecule has 41 heavy (non-hydrogen) atoms. The van der Waals surface area contributed by atoms with Gasteiger partial charge in [0.1, 0.15) is 6.04 Å². The standard InChI is InChI=1S/C33H45ClN4O3/c1-25(2)21-31(40)36-29(22-27-11-13-28(34)14-12-27)32(41)37-17-19-38(20-18-37)33(15-7-4-8-16-33)24-35-30(39)23-26-9-5-3-6-10-26/h3,5-6,9-14,25,29H,4,7-8,15-24H2,1-2H3,(H,35,39)(H,36,40)/t29-/m1/s1. The molecule has 2 aromatic carbocycles. The predicted molar refractivity (Wildman–Crippen MR) is 164 cm³/mol. The average molecular weight is 581 g/mol. The first-order chi connectivity index (χ1) is 19.7. The molecular weight excluding hydrogens is 536 g/mol. The molecule has 1 aliphatic heterocycles. The molecule has 4 rings (SSSR count). The Balaban J connectivity index is 1.38.